The predicted octanol–water partition coefficient (Wildman–Crippen LogP) is 9.70. The largest absolute Gasteiger partial charge is 2.00 e. The van der Waals surface area contributed by atoms with Crippen molar-refractivity contribution in [2.24, 2.45) is 0 Å². The summed E-state index contributed by atoms with van der Waals surface area (Å²) in [5.74, 6) is 14.7. The van der Waals surface area contributed by atoms with Crippen molar-refractivity contribution in [3.8, 4) is 0 Å². The van der Waals surface area contributed by atoms with E-state index >= 15 is 0 Å². The van der Waals surface area contributed by atoms with Gasteiger partial charge in [0.15, 0.2) is 0 Å². The fourth-order valence-corrected chi connectivity index (χ4v) is 4.22. The fraction of sp³-hybridized carbons (Fsp3) is 0.286. The molecule has 0 amide bonds. The second-order valence-electron chi connectivity index (χ2n) is 9.59. The quantitative estimate of drug-likeness (QED) is 0.214. The van der Waals surface area contributed by atoms with Gasteiger partial charge in [-0.2, -0.15) is 12.1 Å². The molecule has 0 unspecified atom stereocenters. The number of benzene rings is 2. The first kappa shape index (κ1) is 32.8. The molecule has 4 rings (SSSR count). The van der Waals surface area contributed by atoms with E-state index in [9.17, 15) is 0 Å². The van der Waals surface area contributed by atoms with Gasteiger partial charge < -0.3 is 18.6 Å². The van der Waals surface area contributed by atoms with E-state index in [1.807, 2.05) is 60.7 Å². The molecule has 0 aliphatic heterocycles. The predicted molar refractivity (Wildman–Crippen MR) is 153 cm³/mol. The first-order valence-corrected chi connectivity index (χ1v) is 12.4. The molecule has 186 valence electrons. The first-order chi connectivity index (χ1) is 16.5. The smallest absolute Gasteiger partial charge is 0.366 e. The molecule has 0 heterocycles. The summed E-state index contributed by atoms with van der Waals surface area (Å²) in [7, 11) is 0. The maximum absolute atomic E-state index is 4.01. The van der Waals surface area contributed by atoms with Crippen LogP contribution in [0.4, 0.5) is 0 Å². The van der Waals surface area contributed by atoms with E-state index in [2.05, 4.69) is 82.2 Å². The molecule has 0 spiro atoms. The normalized spacial score (nSPS) is 20.6. The summed E-state index contributed by atoms with van der Waals surface area (Å²) in [6.45, 7) is 26.0. The molecule has 2 aliphatic rings. The number of hydrogen-bond acceptors (Lipinski definition) is 0. The van der Waals surface area contributed by atoms with E-state index in [-0.39, 0.29) is 21.7 Å². The molecule has 2 fully saturated rings. The first-order valence-electron chi connectivity index (χ1n) is 12.4. The summed E-state index contributed by atoms with van der Waals surface area (Å²) in [5, 5.41) is 0. The van der Waals surface area contributed by atoms with Crippen LogP contribution < -0.4 is 0 Å². The van der Waals surface area contributed by atoms with E-state index < -0.39 is 0 Å². The van der Waals surface area contributed by atoms with Gasteiger partial charge in [-0.05, 0) is 59.2 Å². The van der Waals surface area contributed by atoms with Crippen molar-refractivity contribution in [2.75, 3.05) is 0 Å². The molecular formula is C35H42Ti. The van der Waals surface area contributed by atoms with Crippen LogP contribution in [0.2, 0.25) is 0 Å². The molecule has 10 radical (unpaired) electrons. The summed E-state index contributed by atoms with van der Waals surface area (Å²) >= 11 is 0. The van der Waals surface area contributed by atoms with Gasteiger partial charge in [-0.25, -0.2) is 5.56 Å². The number of hydrogen-bond donors (Lipinski definition) is 0. The van der Waals surface area contributed by atoms with Crippen LogP contribution in [-0.4, -0.2) is 0 Å². The molecular weight excluding hydrogens is 468 g/mol. The average molecular weight is 511 g/mol. The van der Waals surface area contributed by atoms with Crippen LogP contribution in [0.25, 0.3) is 5.57 Å². The SMILES string of the molecule is C[C]1[C](C)[C](C)[C](C)[C]1C.C[C]1[C](C)[C](C)[C](C)[C]1C.[CH2-]C(=[C-]c1ccccc1)c1ccccc1.[Ti+2]. The van der Waals surface area contributed by atoms with Crippen molar-refractivity contribution in [3.05, 3.63) is 144 Å². The van der Waals surface area contributed by atoms with Crippen molar-refractivity contribution in [2.45, 2.75) is 69.2 Å². The van der Waals surface area contributed by atoms with Crippen molar-refractivity contribution < 1.29 is 21.7 Å². The van der Waals surface area contributed by atoms with Gasteiger partial charge in [-0.3, -0.25) is 0 Å². The van der Waals surface area contributed by atoms with Crippen molar-refractivity contribution >= 4 is 5.57 Å². The Morgan fingerprint density at radius 1 is 0.444 bits per heavy atom. The van der Waals surface area contributed by atoms with Gasteiger partial charge >= 0.3 is 21.7 Å². The molecule has 2 aliphatic carbocycles. The van der Waals surface area contributed by atoms with E-state index in [4.69, 9.17) is 0 Å². The van der Waals surface area contributed by atoms with Gasteiger partial charge in [0.2, 0.25) is 0 Å². The van der Waals surface area contributed by atoms with E-state index in [0.29, 0.717) is 0 Å². The molecule has 0 aromatic heterocycles. The molecule has 0 atom stereocenters. The van der Waals surface area contributed by atoms with Crippen molar-refractivity contribution in [1.82, 2.24) is 0 Å². The molecule has 0 bridgehead atoms. The molecule has 0 N–H and O–H groups in total. The fourth-order valence-electron chi connectivity index (χ4n) is 4.22. The van der Waals surface area contributed by atoms with Crippen LogP contribution in [0, 0.1) is 72.2 Å². The molecule has 36 heavy (non-hydrogen) atoms. The van der Waals surface area contributed by atoms with Gasteiger partial charge in [-0.1, -0.05) is 118 Å². The molecule has 2 saturated carbocycles. The summed E-state index contributed by atoms with van der Waals surface area (Å²) in [5.41, 5.74) is 3.09. The third-order valence-electron chi connectivity index (χ3n) is 7.82. The second kappa shape index (κ2) is 15.2. The molecule has 2 aromatic rings. The molecule has 1 heteroatoms. The number of allylic oxidation sites excluding steroid dienone is 1. The van der Waals surface area contributed by atoms with Crippen LogP contribution in [0.5, 0.6) is 0 Å². The topological polar surface area (TPSA) is 0 Å². The van der Waals surface area contributed by atoms with Gasteiger partial charge in [0, 0.05) is 0 Å². The standard InChI is InChI=1S/C15H12.2C10H15.Ti/c1-13(15-10-6-3-7-11-15)12-14-8-4-2-5-9-14;2*1-6-7(2)9(4)10(5)8(6)3;/h2-11H,1H2;2*1-5H3;/q-2;;;+2. The Hall–Kier alpha value is -1.24. The van der Waals surface area contributed by atoms with Crippen LogP contribution in [0.15, 0.2) is 60.7 Å². The third-order valence-corrected chi connectivity index (χ3v) is 7.82. The van der Waals surface area contributed by atoms with Crippen molar-refractivity contribution in [1.29, 1.82) is 0 Å². The average Bonchev–Trinajstić information content (AvgIpc) is 3.15. The van der Waals surface area contributed by atoms with Gasteiger partial charge in [0.25, 0.3) is 0 Å². The maximum atomic E-state index is 4.01. The minimum atomic E-state index is 0. The Labute approximate surface area is 239 Å². The molecule has 2 aromatic carbocycles. The van der Waals surface area contributed by atoms with Crippen LogP contribution in [0.3, 0.4) is 0 Å². The second-order valence-corrected chi connectivity index (χ2v) is 9.59. The molecule has 0 saturated heterocycles. The van der Waals surface area contributed by atoms with E-state index in [1.165, 1.54) is 59.2 Å². The molecule has 0 nitrogen and oxygen atoms in total. The van der Waals surface area contributed by atoms with Gasteiger partial charge in [0.1, 0.15) is 0 Å². The zero-order chi connectivity index (χ0) is 26.3. The Bertz CT molecular complexity index is 766. The van der Waals surface area contributed by atoms with E-state index in [1.54, 1.807) is 0 Å². The van der Waals surface area contributed by atoms with Gasteiger partial charge in [-0.15, -0.1) is 5.56 Å². The summed E-state index contributed by atoms with van der Waals surface area (Å²) in [6.07, 6.45) is 3.26. The Morgan fingerprint density at radius 3 is 0.972 bits per heavy atom. The summed E-state index contributed by atoms with van der Waals surface area (Å²) in [6, 6.07) is 20.1. The third kappa shape index (κ3) is 8.39. The van der Waals surface area contributed by atoms with Crippen LogP contribution >= 0.6 is 0 Å². The zero-order valence-corrected chi connectivity index (χ0v) is 25.5. The van der Waals surface area contributed by atoms with Crippen molar-refractivity contribution in [3.63, 3.8) is 0 Å². The van der Waals surface area contributed by atoms with Crippen LogP contribution in [-0.2, 0) is 21.7 Å². The summed E-state index contributed by atoms with van der Waals surface area (Å²) < 4.78 is 0. The minimum absolute atomic E-state index is 0. The van der Waals surface area contributed by atoms with Gasteiger partial charge in [0.05, 0.1) is 0 Å². The number of rotatable bonds is 2. The monoisotopic (exact) mass is 510 g/mol. The van der Waals surface area contributed by atoms with Crippen LogP contribution in [0.1, 0.15) is 80.4 Å². The maximum Gasteiger partial charge on any atom is 2.00 e. The minimum Gasteiger partial charge on any atom is -0.366 e. The zero-order valence-electron chi connectivity index (χ0n) is 24.0. The Morgan fingerprint density at radius 2 is 0.694 bits per heavy atom. The van der Waals surface area contributed by atoms with E-state index in [0.717, 1.165) is 16.7 Å². The Balaban J connectivity index is 0.000000276. The Kier molecular flexibility index (Phi) is 13.9. The summed E-state index contributed by atoms with van der Waals surface area (Å²) in [4.78, 5) is 0.